The first-order valence-corrected chi connectivity index (χ1v) is 13.8. The average molecular weight is 482 g/mol. The minimum atomic E-state index is 0.170. The van der Waals surface area contributed by atoms with E-state index < -0.39 is 0 Å². The second kappa shape index (κ2) is 11.5. The molecule has 0 aliphatic carbocycles. The Morgan fingerprint density at radius 3 is 2.42 bits per heavy atom. The molecule has 33 heavy (non-hydrogen) atoms. The van der Waals surface area contributed by atoms with Crippen LogP contribution in [0.15, 0.2) is 60.7 Å². The second-order valence-corrected chi connectivity index (χ2v) is 11.7. The molecule has 1 saturated heterocycles. The highest BCUT2D eigenvalue weighted by Gasteiger charge is 2.36. The molecule has 0 N–H and O–H groups in total. The standard InChI is InChI=1S/C28H35NO2S2/c1-29(18-15-22-13-14-26(30-2)27(21-22)31-3)17-7-16-28(32-19-8-20-33-28)25-12-6-10-23-9-4-5-11-24(23)25/h4-6,9-14,21H,7-8,15-20H2,1-3H3. The fraction of sp³-hybridized carbons (Fsp3) is 0.429. The summed E-state index contributed by atoms with van der Waals surface area (Å²) in [6.07, 6.45) is 4.73. The molecule has 3 aromatic carbocycles. The SMILES string of the molecule is COc1ccc(CCN(C)CCCC2(c3cccc4ccccc34)SCCCS2)cc1OC. The lowest BCUT2D eigenvalue weighted by atomic mass is 9.99. The number of hydrogen-bond donors (Lipinski definition) is 0. The van der Waals surface area contributed by atoms with E-state index in [9.17, 15) is 0 Å². The number of thioether (sulfide) groups is 2. The van der Waals surface area contributed by atoms with Crippen LogP contribution in [0.25, 0.3) is 10.8 Å². The molecule has 0 saturated carbocycles. The molecule has 3 aromatic rings. The summed E-state index contributed by atoms with van der Waals surface area (Å²) in [6, 6.07) is 22.0. The zero-order valence-electron chi connectivity index (χ0n) is 20.0. The monoisotopic (exact) mass is 481 g/mol. The van der Waals surface area contributed by atoms with Gasteiger partial charge in [0, 0.05) is 6.54 Å². The van der Waals surface area contributed by atoms with E-state index in [1.807, 2.05) is 6.07 Å². The number of ether oxygens (including phenoxy) is 2. The summed E-state index contributed by atoms with van der Waals surface area (Å²) in [5, 5.41) is 2.77. The third kappa shape index (κ3) is 5.82. The molecular weight excluding hydrogens is 446 g/mol. The highest BCUT2D eigenvalue weighted by molar-refractivity contribution is 8.18. The lowest BCUT2D eigenvalue weighted by Crippen LogP contribution is -2.27. The third-order valence-corrected chi connectivity index (χ3v) is 9.91. The molecule has 0 aromatic heterocycles. The molecule has 1 aliphatic heterocycles. The molecule has 0 amide bonds. The summed E-state index contributed by atoms with van der Waals surface area (Å²) < 4.78 is 11.0. The van der Waals surface area contributed by atoms with Gasteiger partial charge in [-0.05, 0) is 84.8 Å². The van der Waals surface area contributed by atoms with Gasteiger partial charge in [0.25, 0.3) is 0 Å². The summed E-state index contributed by atoms with van der Waals surface area (Å²) in [5.41, 5.74) is 2.80. The maximum atomic E-state index is 5.46. The van der Waals surface area contributed by atoms with Crippen molar-refractivity contribution in [2.24, 2.45) is 0 Å². The van der Waals surface area contributed by atoms with E-state index in [2.05, 4.69) is 90.1 Å². The van der Waals surface area contributed by atoms with Crippen LogP contribution in [0, 0.1) is 0 Å². The van der Waals surface area contributed by atoms with Crippen LogP contribution in [0.2, 0.25) is 0 Å². The number of likely N-dealkylation sites (N-methyl/N-ethyl adjacent to an activating group) is 1. The van der Waals surface area contributed by atoms with Crippen LogP contribution >= 0.6 is 23.5 Å². The summed E-state index contributed by atoms with van der Waals surface area (Å²) in [5.74, 6) is 4.10. The molecule has 1 fully saturated rings. The van der Waals surface area contributed by atoms with Crippen molar-refractivity contribution < 1.29 is 9.47 Å². The lowest BCUT2D eigenvalue weighted by molar-refractivity contribution is 0.327. The quantitative estimate of drug-likeness (QED) is 0.315. The Labute approximate surface area is 207 Å². The van der Waals surface area contributed by atoms with Crippen LogP contribution in [-0.2, 0) is 10.5 Å². The molecule has 0 unspecified atom stereocenters. The van der Waals surface area contributed by atoms with E-state index in [0.717, 1.165) is 31.0 Å². The molecule has 0 spiro atoms. The second-order valence-electron chi connectivity index (χ2n) is 8.68. The fourth-order valence-electron chi connectivity index (χ4n) is 4.62. The highest BCUT2D eigenvalue weighted by atomic mass is 32.2. The van der Waals surface area contributed by atoms with Crippen molar-refractivity contribution in [1.29, 1.82) is 0 Å². The summed E-state index contributed by atoms with van der Waals surface area (Å²) >= 11 is 4.33. The van der Waals surface area contributed by atoms with Gasteiger partial charge in [-0.3, -0.25) is 0 Å². The molecule has 1 heterocycles. The molecule has 0 bridgehead atoms. The Kier molecular flexibility index (Phi) is 8.50. The first kappa shape index (κ1) is 24.3. The average Bonchev–Trinajstić information content (AvgIpc) is 2.87. The van der Waals surface area contributed by atoms with Crippen molar-refractivity contribution in [3.05, 3.63) is 71.8 Å². The van der Waals surface area contributed by atoms with Crippen molar-refractivity contribution in [2.45, 2.75) is 29.8 Å². The Morgan fingerprint density at radius 2 is 1.64 bits per heavy atom. The zero-order chi connectivity index (χ0) is 23.1. The van der Waals surface area contributed by atoms with Crippen LogP contribution in [0.3, 0.4) is 0 Å². The number of benzene rings is 3. The third-order valence-electron chi connectivity index (χ3n) is 6.43. The lowest BCUT2D eigenvalue weighted by Gasteiger charge is -2.38. The van der Waals surface area contributed by atoms with Gasteiger partial charge >= 0.3 is 0 Å². The minimum Gasteiger partial charge on any atom is -0.493 e. The van der Waals surface area contributed by atoms with Crippen molar-refractivity contribution >= 4 is 34.3 Å². The minimum absolute atomic E-state index is 0.170. The van der Waals surface area contributed by atoms with E-state index in [-0.39, 0.29) is 4.08 Å². The molecule has 0 radical (unpaired) electrons. The summed E-state index contributed by atoms with van der Waals surface area (Å²) in [6.45, 7) is 2.15. The number of rotatable bonds is 10. The van der Waals surface area contributed by atoms with Gasteiger partial charge in [-0.15, -0.1) is 23.5 Å². The van der Waals surface area contributed by atoms with Crippen LogP contribution in [-0.4, -0.2) is 50.8 Å². The van der Waals surface area contributed by atoms with Gasteiger partial charge in [-0.25, -0.2) is 0 Å². The van der Waals surface area contributed by atoms with E-state index in [4.69, 9.17) is 9.47 Å². The first-order chi connectivity index (χ1) is 16.1. The maximum absolute atomic E-state index is 5.46. The zero-order valence-corrected chi connectivity index (χ0v) is 21.6. The molecular formula is C28H35NO2S2. The van der Waals surface area contributed by atoms with Crippen LogP contribution in [0.4, 0.5) is 0 Å². The van der Waals surface area contributed by atoms with E-state index in [0.29, 0.717) is 0 Å². The van der Waals surface area contributed by atoms with E-state index >= 15 is 0 Å². The van der Waals surface area contributed by atoms with E-state index in [1.54, 1.807) is 14.2 Å². The Hall–Kier alpha value is -1.82. The van der Waals surface area contributed by atoms with Crippen LogP contribution in [0.1, 0.15) is 30.4 Å². The molecule has 176 valence electrons. The largest absolute Gasteiger partial charge is 0.493 e. The number of fused-ring (bicyclic) bond motifs is 1. The summed E-state index contributed by atoms with van der Waals surface area (Å²) in [4.78, 5) is 2.46. The normalized spacial score (nSPS) is 15.6. The molecule has 3 nitrogen and oxygen atoms in total. The van der Waals surface area contributed by atoms with E-state index in [1.165, 1.54) is 52.7 Å². The van der Waals surface area contributed by atoms with Crippen molar-refractivity contribution in [3.63, 3.8) is 0 Å². The molecule has 4 rings (SSSR count). The number of nitrogens with zero attached hydrogens (tertiary/aromatic N) is 1. The summed E-state index contributed by atoms with van der Waals surface area (Å²) in [7, 11) is 5.62. The van der Waals surface area contributed by atoms with Gasteiger partial charge in [0.05, 0.1) is 18.3 Å². The van der Waals surface area contributed by atoms with Gasteiger partial charge in [0.15, 0.2) is 11.5 Å². The Morgan fingerprint density at radius 1 is 0.879 bits per heavy atom. The Balaban J connectivity index is 1.38. The van der Waals surface area contributed by atoms with Gasteiger partial charge in [0.1, 0.15) is 0 Å². The van der Waals surface area contributed by atoms with Gasteiger partial charge < -0.3 is 14.4 Å². The predicted octanol–water partition coefficient (Wildman–Crippen LogP) is 6.83. The highest BCUT2D eigenvalue weighted by Crippen LogP contribution is 2.54. The van der Waals surface area contributed by atoms with Crippen LogP contribution in [0.5, 0.6) is 11.5 Å². The van der Waals surface area contributed by atoms with Crippen molar-refractivity contribution in [2.75, 3.05) is 45.9 Å². The van der Waals surface area contributed by atoms with Crippen LogP contribution < -0.4 is 9.47 Å². The molecule has 5 heteroatoms. The topological polar surface area (TPSA) is 21.7 Å². The molecule has 0 atom stereocenters. The predicted molar refractivity (Wildman–Crippen MR) is 145 cm³/mol. The first-order valence-electron chi connectivity index (χ1n) is 11.8. The van der Waals surface area contributed by atoms with Gasteiger partial charge in [-0.1, -0.05) is 48.5 Å². The van der Waals surface area contributed by atoms with Gasteiger partial charge in [0.2, 0.25) is 0 Å². The molecule has 1 aliphatic rings. The maximum Gasteiger partial charge on any atom is 0.160 e. The van der Waals surface area contributed by atoms with Crippen molar-refractivity contribution in [3.8, 4) is 11.5 Å². The van der Waals surface area contributed by atoms with Crippen molar-refractivity contribution in [1.82, 2.24) is 4.90 Å². The smallest absolute Gasteiger partial charge is 0.160 e. The Bertz CT molecular complexity index is 1040. The fourth-order valence-corrected chi connectivity index (χ4v) is 8.11. The van der Waals surface area contributed by atoms with Gasteiger partial charge in [-0.2, -0.15) is 0 Å². The number of hydrogen-bond acceptors (Lipinski definition) is 5. The number of methoxy groups -OCH3 is 2.